The number of piperidine rings is 1. The fourth-order valence-corrected chi connectivity index (χ4v) is 3.62. The molecular formula is C18H22F3N3O4. The number of hydrogen-bond donors (Lipinski definition) is 1. The van der Waals surface area contributed by atoms with Crippen molar-refractivity contribution in [1.82, 2.24) is 15.1 Å². The summed E-state index contributed by atoms with van der Waals surface area (Å²) in [5.41, 5.74) is 0. The van der Waals surface area contributed by atoms with Crippen molar-refractivity contribution in [3.63, 3.8) is 0 Å². The first-order chi connectivity index (χ1) is 13.1. The van der Waals surface area contributed by atoms with E-state index in [9.17, 15) is 27.6 Å². The molecule has 0 spiro atoms. The van der Waals surface area contributed by atoms with Crippen LogP contribution in [0.2, 0.25) is 0 Å². The Hall–Kier alpha value is -2.52. The molecule has 2 saturated heterocycles. The topological polar surface area (TPSA) is 82.9 Å². The molecular weight excluding hydrogens is 379 g/mol. The van der Waals surface area contributed by atoms with Crippen molar-refractivity contribution >= 4 is 17.7 Å². The van der Waals surface area contributed by atoms with Crippen LogP contribution < -0.4 is 5.32 Å². The molecule has 0 aliphatic carbocycles. The van der Waals surface area contributed by atoms with Crippen LogP contribution in [0.1, 0.15) is 35.6 Å². The van der Waals surface area contributed by atoms with Gasteiger partial charge >= 0.3 is 6.18 Å². The monoisotopic (exact) mass is 401 g/mol. The fourth-order valence-electron chi connectivity index (χ4n) is 3.62. The van der Waals surface area contributed by atoms with Crippen LogP contribution in [0.3, 0.4) is 0 Å². The lowest BCUT2D eigenvalue weighted by Crippen LogP contribution is -2.48. The zero-order chi connectivity index (χ0) is 20.5. The van der Waals surface area contributed by atoms with Crippen molar-refractivity contribution in [2.24, 2.45) is 5.92 Å². The Labute approximate surface area is 159 Å². The molecule has 2 aliphatic rings. The normalized spacial score (nSPS) is 21.3. The molecule has 2 aliphatic heterocycles. The van der Waals surface area contributed by atoms with Crippen LogP contribution in [0.5, 0.6) is 0 Å². The number of furan rings is 1. The van der Waals surface area contributed by atoms with Crippen molar-refractivity contribution in [2.45, 2.75) is 38.4 Å². The van der Waals surface area contributed by atoms with E-state index in [0.717, 1.165) is 0 Å². The van der Waals surface area contributed by atoms with Crippen LogP contribution in [0.15, 0.2) is 16.5 Å². The van der Waals surface area contributed by atoms with Gasteiger partial charge in [-0.2, -0.15) is 13.2 Å². The molecule has 10 heteroatoms. The molecule has 3 rings (SSSR count). The molecule has 3 amide bonds. The van der Waals surface area contributed by atoms with E-state index >= 15 is 0 Å². The summed E-state index contributed by atoms with van der Waals surface area (Å²) in [5, 5.41) is 2.86. The molecule has 0 saturated carbocycles. The van der Waals surface area contributed by atoms with Gasteiger partial charge in [0.2, 0.25) is 11.8 Å². The van der Waals surface area contributed by atoms with Crippen LogP contribution in [-0.2, 0) is 9.59 Å². The number of nitrogens with one attached hydrogen (secondary N) is 1. The van der Waals surface area contributed by atoms with E-state index in [-0.39, 0.29) is 36.6 Å². The second-order valence-corrected chi connectivity index (χ2v) is 7.27. The minimum atomic E-state index is -4.48. The summed E-state index contributed by atoms with van der Waals surface area (Å²) in [5.74, 6) is -1.15. The first-order valence-corrected chi connectivity index (χ1v) is 9.13. The number of halogens is 3. The maximum Gasteiger partial charge on any atom is 0.406 e. The molecule has 1 aromatic heterocycles. The van der Waals surface area contributed by atoms with Gasteiger partial charge in [0, 0.05) is 32.1 Å². The largest absolute Gasteiger partial charge is 0.456 e. The number of likely N-dealkylation sites (tertiary alicyclic amines) is 2. The second kappa shape index (κ2) is 7.84. The highest BCUT2D eigenvalue weighted by Gasteiger charge is 2.42. The lowest BCUT2D eigenvalue weighted by Gasteiger charge is -2.33. The second-order valence-electron chi connectivity index (χ2n) is 7.27. The van der Waals surface area contributed by atoms with E-state index < -0.39 is 24.5 Å². The Morgan fingerprint density at radius 1 is 1.25 bits per heavy atom. The first kappa shape index (κ1) is 20.2. The summed E-state index contributed by atoms with van der Waals surface area (Å²) >= 11 is 0. The Morgan fingerprint density at radius 2 is 1.93 bits per heavy atom. The van der Waals surface area contributed by atoms with Crippen LogP contribution in [0, 0.1) is 12.8 Å². The fraction of sp³-hybridized carbons (Fsp3) is 0.611. The maximum atomic E-state index is 12.6. The third-order valence-corrected chi connectivity index (χ3v) is 5.04. The minimum Gasteiger partial charge on any atom is -0.456 e. The highest BCUT2D eigenvalue weighted by Crippen LogP contribution is 2.26. The number of nitrogens with zero attached hydrogens (tertiary/aromatic N) is 2. The van der Waals surface area contributed by atoms with Gasteiger partial charge in [-0.25, -0.2) is 0 Å². The number of rotatable bonds is 4. The number of hydrogen-bond acceptors (Lipinski definition) is 4. The third-order valence-electron chi connectivity index (χ3n) is 5.04. The van der Waals surface area contributed by atoms with Crippen LogP contribution in [0.4, 0.5) is 13.2 Å². The number of aryl methyl sites for hydroxylation is 1. The zero-order valence-corrected chi connectivity index (χ0v) is 15.4. The average Bonchev–Trinajstić information content (AvgIpc) is 3.20. The van der Waals surface area contributed by atoms with Gasteiger partial charge in [-0.15, -0.1) is 0 Å². The molecule has 3 heterocycles. The lowest BCUT2D eigenvalue weighted by atomic mass is 10.0. The Bertz CT molecular complexity index is 754. The molecule has 28 heavy (non-hydrogen) atoms. The van der Waals surface area contributed by atoms with E-state index in [1.54, 1.807) is 24.0 Å². The van der Waals surface area contributed by atoms with E-state index in [0.29, 0.717) is 36.6 Å². The first-order valence-electron chi connectivity index (χ1n) is 9.13. The van der Waals surface area contributed by atoms with Gasteiger partial charge in [0.25, 0.3) is 5.91 Å². The van der Waals surface area contributed by atoms with Crippen LogP contribution >= 0.6 is 0 Å². The van der Waals surface area contributed by atoms with E-state index in [2.05, 4.69) is 5.32 Å². The molecule has 154 valence electrons. The minimum absolute atomic E-state index is 0.117. The summed E-state index contributed by atoms with van der Waals surface area (Å²) in [6.07, 6.45) is -3.60. The van der Waals surface area contributed by atoms with Gasteiger partial charge in [0.15, 0.2) is 5.76 Å². The van der Waals surface area contributed by atoms with Crippen LogP contribution in [-0.4, -0.2) is 65.9 Å². The van der Waals surface area contributed by atoms with Crippen molar-refractivity contribution in [1.29, 1.82) is 0 Å². The molecule has 2 fully saturated rings. The number of carbonyl (C=O) groups excluding carboxylic acids is 3. The molecule has 1 unspecified atom stereocenters. The zero-order valence-electron chi connectivity index (χ0n) is 15.4. The van der Waals surface area contributed by atoms with Crippen molar-refractivity contribution in [2.75, 3.05) is 26.2 Å². The highest BCUT2D eigenvalue weighted by atomic mass is 19.4. The smallest absolute Gasteiger partial charge is 0.406 e. The quantitative estimate of drug-likeness (QED) is 0.833. The summed E-state index contributed by atoms with van der Waals surface area (Å²) in [6.45, 7) is 0.974. The molecule has 1 atom stereocenters. The molecule has 0 aromatic carbocycles. The molecule has 0 bridgehead atoms. The number of amides is 3. The van der Waals surface area contributed by atoms with Crippen LogP contribution in [0.25, 0.3) is 0 Å². The molecule has 1 N–H and O–H groups in total. The SMILES string of the molecule is Cc1ccc(C(=O)NC2CCN(C(=O)C3CC(=O)N(CC(F)(F)F)C3)CC2)o1. The van der Waals surface area contributed by atoms with Crippen molar-refractivity contribution in [3.05, 3.63) is 23.7 Å². The van der Waals surface area contributed by atoms with Gasteiger partial charge in [-0.3, -0.25) is 14.4 Å². The maximum absolute atomic E-state index is 12.6. The average molecular weight is 401 g/mol. The standard InChI is InChI=1S/C18H22F3N3O4/c1-11-2-3-14(28-11)16(26)22-13-4-6-23(7-5-13)17(27)12-8-15(25)24(9-12)10-18(19,20)21/h2-3,12-13H,4-10H2,1H3,(H,22,26). The lowest BCUT2D eigenvalue weighted by molar-refractivity contribution is -0.157. The predicted molar refractivity (Wildman–Crippen MR) is 91.3 cm³/mol. The molecule has 0 radical (unpaired) electrons. The predicted octanol–water partition coefficient (Wildman–Crippen LogP) is 1.72. The van der Waals surface area contributed by atoms with Gasteiger partial charge < -0.3 is 19.5 Å². The molecule has 7 nitrogen and oxygen atoms in total. The van der Waals surface area contributed by atoms with Gasteiger partial charge in [0.05, 0.1) is 5.92 Å². The van der Waals surface area contributed by atoms with Gasteiger partial charge in [-0.1, -0.05) is 0 Å². The molecule has 1 aromatic rings. The van der Waals surface area contributed by atoms with Gasteiger partial charge in [-0.05, 0) is 31.9 Å². The summed E-state index contributed by atoms with van der Waals surface area (Å²) < 4.78 is 42.8. The van der Waals surface area contributed by atoms with E-state index in [1.165, 1.54) is 0 Å². The van der Waals surface area contributed by atoms with Crippen molar-refractivity contribution < 1.29 is 32.0 Å². The Morgan fingerprint density at radius 3 is 2.50 bits per heavy atom. The third kappa shape index (κ3) is 4.85. The van der Waals surface area contributed by atoms with E-state index in [1.807, 2.05) is 0 Å². The summed E-state index contributed by atoms with van der Waals surface area (Å²) in [7, 11) is 0. The van der Waals surface area contributed by atoms with Crippen molar-refractivity contribution in [3.8, 4) is 0 Å². The number of alkyl halides is 3. The Kier molecular flexibility index (Phi) is 5.66. The highest BCUT2D eigenvalue weighted by molar-refractivity contribution is 5.92. The summed E-state index contributed by atoms with van der Waals surface area (Å²) in [6, 6.07) is 3.17. The van der Waals surface area contributed by atoms with Gasteiger partial charge in [0.1, 0.15) is 12.3 Å². The van der Waals surface area contributed by atoms with E-state index in [4.69, 9.17) is 4.42 Å². The summed E-state index contributed by atoms with van der Waals surface area (Å²) in [4.78, 5) is 38.7. The number of carbonyl (C=O) groups is 3. The Balaban J connectivity index is 1.47.